The van der Waals surface area contributed by atoms with Crippen LogP contribution in [-0.2, 0) is 4.84 Å². The van der Waals surface area contributed by atoms with Crippen LogP contribution in [0.1, 0.15) is 35.8 Å². The molecule has 0 aliphatic carbocycles. The molecule has 1 heterocycles. The second-order valence-electron chi connectivity index (χ2n) is 3.47. The Bertz CT molecular complexity index is 352. The molecule has 0 fully saturated rings. The van der Waals surface area contributed by atoms with Crippen LogP contribution in [0.2, 0.25) is 0 Å². The minimum Gasteiger partial charge on any atom is -0.274 e. The first-order valence-corrected chi connectivity index (χ1v) is 4.70. The van der Waals surface area contributed by atoms with Crippen molar-refractivity contribution in [2.24, 2.45) is 0 Å². The van der Waals surface area contributed by atoms with E-state index in [1.54, 1.807) is 13.2 Å². The van der Waals surface area contributed by atoms with Crippen LogP contribution in [-0.4, -0.2) is 35.1 Å². The molecule has 0 aliphatic heterocycles. The van der Waals surface area contributed by atoms with Crippen molar-refractivity contribution in [3.05, 3.63) is 23.8 Å². The van der Waals surface area contributed by atoms with Gasteiger partial charge in [0.25, 0.3) is 5.91 Å². The molecular weight excluding hydrogens is 194 g/mol. The zero-order valence-electron chi connectivity index (χ0n) is 9.39. The van der Waals surface area contributed by atoms with Crippen LogP contribution >= 0.6 is 0 Å². The predicted molar refractivity (Wildman–Crippen MR) is 55.2 cm³/mol. The van der Waals surface area contributed by atoms with Crippen molar-refractivity contribution < 1.29 is 9.63 Å². The normalized spacial score (nSPS) is 10.5. The van der Waals surface area contributed by atoms with Gasteiger partial charge >= 0.3 is 0 Å². The second kappa shape index (κ2) is 4.84. The highest BCUT2D eigenvalue weighted by Crippen LogP contribution is 2.17. The number of amides is 1. The highest BCUT2D eigenvalue weighted by atomic mass is 16.7. The molecular formula is C10H15N3O2. The monoisotopic (exact) mass is 209 g/mol. The van der Waals surface area contributed by atoms with Gasteiger partial charge in [0.05, 0.1) is 7.11 Å². The van der Waals surface area contributed by atoms with Gasteiger partial charge in [-0.1, -0.05) is 13.8 Å². The van der Waals surface area contributed by atoms with Crippen molar-refractivity contribution in [2.45, 2.75) is 19.8 Å². The summed E-state index contributed by atoms with van der Waals surface area (Å²) in [5.41, 5.74) is 1.22. The van der Waals surface area contributed by atoms with E-state index >= 15 is 0 Å². The van der Waals surface area contributed by atoms with E-state index in [1.165, 1.54) is 13.4 Å². The molecule has 15 heavy (non-hydrogen) atoms. The van der Waals surface area contributed by atoms with Gasteiger partial charge in [0, 0.05) is 18.8 Å². The van der Waals surface area contributed by atoms with Crippen molar-refractivity contribution in [1.82, 2.24) is 15.0 Å². The van der Waals surface area contributed by atoms with E-state index in [9.17, 15) is 4.79 Å². The Hall–Kier alpha value is -1.49. The molecule has 1 aromatic rings. The van der Waals surface area contributed by atoms with Crippen molar-refractivity contribution in [3.8, 4) is 0 Å². The second-order valence-corrected chi connectivity index (χ2v) is 3.47. The SMILES string of the molecule is CON(C)C(=O)c1ncncc1C(C)C. The van der Waals surface area contributed by atoms with Crippen LogP contribution in [0, 0.1) is 0 Å². The third-order valence-electron chi connectivity index (χ3n) is 2.13. The smallest absolute Gasteiger partial charge is 0.274 e. The molecule has 0 aliphatic rings. The standard InChI is InChI=1S/C10H15N3O2/c1-7(2)8-5-11-6-12-9(8)10(14)13(3)15-4/h5-7H,1-4H3. The summed E-state index contributed by atoms with van der Waals surface area (Å²) >= 11 is 0. The molecule has 0 aromatic carbocycles. The minimum atomic E-state index is -0.261. The molecule has 0 unspecified atom stereocenters. The molecule has 0 saturated carbocycles. The fourth-order valence-electron chi connectivity index (χ4n) is 1.17. The van der Waals surface area contributed by atoms with Gasteiger partial charge in [-0.15, -0.1) is 0 Å². The molecule has 1 aromatic heterocycles. The van der Waals surface area contributed by atoms with Gasteiger partial charge in [0.1, 0.15) is 12.0 Å². The van der Waals surface area contributed by atoms with Crippen molar-refractivity contribution >= 4 is 5.91 Å². The van der Waals surface area contributed by atoms with E-state index in [2.05, 4.69) is 9.97 Å². The Labute approximate surface area is 89.0 Å². The van der Waals surface area contributed by atoms with Gasteiger partial charge in [0.15, 0.2) is 0 Å². The van der Waals surface area contributed by atoms with Gasteiger partial charge in [-0.05, 0) is 5.92 Å². The Morgan fingerprint density at radius 1 is 1.53 bits per heavy atom. The van der Waals surface area contributed by atoms with E-state index in [-0.39, 0.29) is 11.8 Å². The Morgan fingerprint density at radius 2 is 2.20 bits per heavy atom. The highest BCUT2D eigenvalue weighted by Gasteiger charge is 2.18. The Kier molecular flexibility index (Phi) is 3.74. The summed E-state index contributed by atoms with van der Waals surface area (Å²) in [6, 6.07) is 0. The number of hydrogen-bond donors (Lipinski definition) is 0. The van der Waals surface area contributed by atoms with E-state index < -0.39 is 0 Å². The number of aromatic nitrogens is 2. The van der Waals surface area contributed by atoms with Crippen LogP contribution in [0.4, 0.5) is 0 Å². The lowest BCUT2D eigenvalue weighted by molar-refractivity contribution is -0.0761. The molecule has 1 amide bonds. The summed E-state index contributed by atoms with van der Waals surface area (Å²) in [6.07, 6.45) is 3.02. The summed E-state index contributed by atoms with van der Waals surface area (Å²) in [5.74, 6) is -0.0565. The fourth-order valence-corrected chi connectivity index (χ4v) is 1.17. The quantitative estimate of drug-likeness (QED) is 0.703. The fraction of sp³-hybridized carbons (Fsp3) is 0.500. The van der Waals surface area contributed by atoms with Crippen LogP contribution in [0.3, 0.4) is 0 Å². The van der Waals surface area contributed by atoms with Crippen molar-refractivity contribution in [1.29, 1.82) is 0 Å². The number of hydrogen-bond acceptors (Lipinski definition) is 4. The van der Waals surface area contributed by atoms with Crippen molar-refractivity contribution in [3.63, 3.8) is 0 Å². The summed E-state index contributed by atoms with van der Waals surface area (Å²) in [6.45, 7) is 3.98. The number of nitrogens with zero attached hydrogens (tertiary/aromatic N) is 3. The average molecular weight is 209 g/mol. The van der Waals surface area contributed by atoms with E-state index in [0.29, 0.717) is 5.69 Å². The van der Waals surface area contributed by atoms with Gasteiger partial charge in [-0.25, -0.2) is 15.0 Å². The first-order valence-electron chi connectivity index (χ1n) is 4.70. The highest BCUT2D eigenvalue weighted by molar-refractivity contribution is 5.92. The summed E-state index contributed by atoms with van der Waals surface area (Å²) < 4.78 is 0. The Morgan fingerprint density at radius 3 is 2.73 bits per heavy atom. The topological polar surface area (TPSA) is 55.3 Å². The summed E-state index contributed by atoms with van der Waals surface area (Å²) in [5, 5.41) is 1.15. The molecule has 5 nitrogen and oxygen atoms in total. The third kappa shape index (κ3) is 2.50. The maximum Gasteiger partial charge on any atom is 0.296 e. The average Bonchev–Trinajstić information content (AvgIpc) is 2.27. The number of hydroxylamine groups is 2. The Balaban J connectivity index is 3.08. The summed E-state index contributed by atoms with van der Waals surface area (Å²) in [4.78, 5) is 24.5. The lowest BCUT2D eigenvalue weighted by atomic mass is 10.0. The number of carbonyl (C=O) groups excluding carboxylic acids is 1. The number of rotatable bonds is 3. The largest absolute Gasteiger partial charge is 0.296 e. The zero-order chi connectivity index (χ0) is 11.4. The number of carbonyl (C=O) groups is 1. The molecule has 5 heteroatoms. The maximum absolute atomic E-state index is 11.8. The molecule has 0 bridgehead atoms. The van der Waals surface area contributed by atoms with Crippen LogP contribution in [0.5, 0.6) is 0 Å². The molecule has 0 N–H and O–H groups in total. The van der Waals surface area contributed by atoms with E-state index in [0.717, 1.165) is 10.6 Å². The van der Waals surface area contributed by atoms with Crippen LogP contribution in [0.15, 0.2) is 12.5 Å². The summed E-state index contributed by atoms with van der Waals surface area (Å²) in [7, 11) is 2.99. The maximum atomic E-state index is 11.8. The van der Waals surface area contributed by atoms with E-state index in [4.69, 9.17) is 4.84 Å². The molecule has 0 saturated heterocycles. The van der Waals surface area contributed by atoms with Gasteiger partial charge in [0.2, 0.25) is 0 Å². The van der Waals surface area contributed by atoms with Gasteiger partial charge < -0.3 is 0 Å². The molecule has 0 spiro atoms. The van der Waals surface area contributed by atoms with Crippen LogP contribution < -0.4 is 0 Å². The minimum absolute atomic E-state index is 0.204. The molecule has 82 valence electrons. The van der Waals surface area contributed by atoms with Crippen LogP contribution in [0.25, 0.3) is 0 Å². The van der Waals surface area contributed by atoms with Crippen molar-refractivity contribution in [2.75, 3.05) is 14.2 Å². The first kappa shape index (κ1) is 11.6. The third-order valence-corrected chi connectivity index (χ3v) is 2.13. The van der Waals surface area contributed by atoms with Gasteiger partial charge in [-0.3, -0.25) is 9.63 Å². The molecule has 1 rings (SSSR count). The van der Waals surface area contributed by atoms with E-state index in [1.807, 2.05) is 13.8 Å². The first-order chi connectivity index (χ1) is 7.07. The molecule has 0 radical (unpaired) electrons. The van der Waals surface area contributed by atoms with Gasteiger partial charge in [-0.2, -0.15) is 0 Å². The lowest BCUT2D eigenvalue weighted by Gasteiger charge is -2.16. The zero-order valence-corrected chi connectivity index (χ0v) is 9.39. The lowest BCUT2D eigenvalue weighted by Crippen LogP contribution is -2.27. The predicted octanol–water partition coefficient (Wildman–Crippen LogP) is 1.23. The molecule has 0 atom stereocenters.